The molecule has 186 valence electrons. The predicted molar refractivity (Wildman–Crippen MR) is 129 cm³/mol. The third-order valence-electron chi connectivity index (χ3n) is 5.59. The summed E-state index contributed by atoms with van der Waals surface area (Å²) in [6.45, 7) is 6.24. The molecule has 0 spiro atoms. The maximum Gasteiger partial charge on any atom is 0.407 e. The summed E-state index contributed by atoms with van der Waals surface area (Å²) in [4.78, 5) is 51.5. The Morgan fingerprint density at radius 1 is 1.03 bits per heavy atom. The molecule has 1 aliphatic heterocycles. The van der Waals surface area contributed by atoms with Crippen LogP contribution in [0.5, 0.6) is 5.75 Å². The number of methoxy groups -OCH3 is 1. The highest BCUT2D eigenvalue weighted by Crippen LogP contribution is 2.26. The summed E-state index contributed by atoms with van der Waals surface area (Å²) >= 11 is 0. The van der Waals surface area contributed by atoms with Crippen molar-refractivity contribution in [3.8, 4) is 5.75 Å². The number of carbonyl (C=O) groups excluding carboxylic acids is 4. The Hall–Kier alpha value is -3.88. The standard InChI is InChI=1S/C26H31N3O6/c1-5-35-26(33)28-18(12-16(2)3)14-27-23(30)21-13-17(10-11-22(21)34-4)15-29-24(31)19-8-6-7-9-20(19)25(29)32/h6-11,13,16,18H,5,12,14-15H2,1-4H3,(H,27,30)(H,28,33). The molecule has 1 aliphatic rings. The molecule has 9 heteroatoms. The number of alkyl carbamates (subject to hydrolysis) is 1. The summed E-state index contributed by atoms with van der Waals surface area (Å²) in [5.41, 5.74) is 1.61. The van der Waals surface area contributed by atoms with E-state index < -0.39 is 12.0 Å². The maximum absolute atomic E-state index is 13.0. The first-order valence-electron chi connectivity index (χ1n) is 11.6. The second kappa shape index (κ2) is 11.5. The number of fused-ring (bicyclic) bond motifs is 1. The largest absolute Gasteiger partial charge is 0.496 e. The van der Waals surface area contributed by atoms with Crippen molar-refractivity contribution in [1.29, 1.82) is 0 Å². The van der Waals surface area contributed by atoms with E-state index in [4.69, 9.17) is 9.47 Å². The summed E-state index contributed by atoms with van der Waals surface area (Å²) in [5, 5.41) is 5.62. The lowest BCUT2D eigenvalue weighted by Crippen LogP contribution is -2.44. The maximum atomic E-state index is 13.0. The van der Waals surface area contributed by atoms with Crippen LogP contribution in [0.15, 0.2) is 42.5 Å². The molecule has 35 heavy (non-hydrogen) atoms. The van der Waals surface area contributed by atoms with Crippen LogP contribution in [0.1, 0.15) is 63.8 Å². The zero-order valence-corrected chi connectivity index (χ0v) is 20.4. The Morgan fingerprint density at radius 3 is 2.26 bits per heavy atom. The minimum Gasteiger partial charge on any atom is -0.496 e. The number of hydrogen-bond donors (Lipinski definition) is 2. The number of rotatable bonds is 10. The molecule has 1 unspecified atom stereocenters. The van der Waals surface area contributed by atoms with Crippen LogP contribution >= 0.6 is 0 Å². The van der Waals surface area contributed by atoms with E-state index in [9.17, 15) is 19.2 Å². The van der Waals surface area contributed by atoms with E-state index in [2.05, 4.69) is 10.6 Å². The van der Waals surface area contributed by atoms with Crippen LogP contribution in [-0.2, 0) is 11.3 Å². The average Bonchev–Trinajstić information content (AvgIpc) is 3.07. The van der Waals surface area contributed by atoms with Crippen LogP contribution < -0.4 is 15.4 Å². The van der Waals surface area contributed by atoms with E-state index >= 15 is 0 Å². The van der Waals surface area contributed by atoms with E-state index in [0.29, 0.717) is 28.9 Å². The minimum absolute atomic E-state index is 0.0248. The van der Waals surface area contributed by atoms with E-state index in [1.54, 1.807) is 49.4 Å². The van der Waals surface area contributed by atoms with Crippen LogP contribution in [0.25, 0.3) is 0 Å². The first kappa shape index (κ1) is 25.7. The Kier molecular flexibility index (Phi) is 8.46. The lowest BCUT2D eigenvalue weighted by atomic mass is 10.0. The number of nitrogens with zero attached hydrogens (tertiary/aromatic N) is 1. The Morgan fingerprint density at radius 2 is 1.69 bits per heavy atom. The van der Waals surface area contributed by atoms with Gasteiger partial charge in [0.2, 0.25) is 0 Å². The highest BCUT2D eigenvalue weighted by atomic mass is 16.5. The molecule has 2 aromatic carbocycles. The summed E-state index contributed by atoms with van der Waals surface area (Å²) < 4.78 is 10.3. The highest BCUT2D eigenvalue weighted by molar-refractivity contribution is 6.21. The summed E-state index contributed by atoms with van der Waals surface area (Å²) in [6, 6.07) is 11.3. The zero-order chi connectivity index (χ0) is 25.5. The fourth-order valence-electron chi connectivity index (χ4n) is 4.01. The fourth-order valence-corrected chi connectivity index (χ4v) is 4.01. The summed E-state index contributed by atoms with van der Waals surface area (Å²) in [6.07, 6.45) is 0.114. The SMILES string of the molecule is CCOC(=O)NC(CNC(=O)c1cc(CN2C(=O)c3ccccc3C2=O)ccc1OC)CC(C)C. The molecule has 0 aromatic heterocycles. The van der Waals surface area contributed by atoms with Gasteiger partial charge in [0.15, 0.2) is 0 Å². The minimum atomic E-state index is -0.534. The van der Waals surface area contributed by atoms with Crippen LogP contribution in [-0.4, -0.2) is 55.0 Å². The fraction of sp³-hybridized carbons (Fsp3) is 0.385. The number of benzene rings is 2. The molecule has 4 amide bonds. The van der Waals surface area contributed by atoms with E-state index in [1.807, 2.05) is 13.8 Å². The van der Waals surface area contributed by atoms with Gasteiger partial charge in [-0.1, -0.05) is 32.0 Å². The van der Waals surface area contributed by atoms with Gasteiger partial charge in [-0.3, -0.25) is 19.3 Å². The van der Waals surface area contributed by atoms with Crippen LogP contribution in [0.4, 0.5) is 4.79 Å². The van der Waals surface area contributed by atoms with Gasteiger partial charge in [0, 0.05) is 12.6 Å². The third-order valence-corrected chi connectivity index (χ3v) is 5.59. The molecule has 0 saturated carbocycles. The molecule has 2 aromatic rings. The summed E-state index contributed by atoms with van der Waals surface area (Å²) in [5.74, 6) is -0.489. The normalized spacial score (nSPS) is 13.5. The molecule has 2 N–H and O–H groups in total. The smallest absolute Gasteiger partial charge is 0.407 e. The predicted octanol–water partition coefficient (Wildman–Crippen LogP) is 3.38. The van der Waals surface area contributed by atoms with Crippen LogP contribution in [0, 0.1) is 5.92 Å². The molecule has 9 nitrogen and oxygen atoms in total. The van der Waals surface area contributed by atoms with Crippen molar-refractivity contribution < 1.29 is 28.7 Å². The van der Waals surface area contributed by atoms with Crippen molar-refractivity contribution in [2.45, 2.75) is 39.8 Å². The molecular weight excluding hydrogens is 450 g/mol. The first-order valence-corrected chi connectivity index (χ1v) is 11.6. The van der Waals surface area contributed by atoms with Crippen molar-refractivity contribution in [3.05, 3.63) is 64.7 Å². The number of nitrogens with one attached hydrogen (secondary N) is 2. The summed E-state index contributed by atoms with van der Waals surface area (Å²) in [7, 11) is 1.46. The average molecular weight is 482 g/mol. The topological polar surface area (TPSA) is 114 Å². The van der Waals surface area contributed by atoms with Crippen molar-refractivity contribution in [3.63, 3.8) is 0 Å². The van der Waals surface area contributed by atoms with Crippen molar-refractivity contribution >= 4 is 23.8 Å². The second-order valence-corrected chi connectivity index (χ2v) is 8.68. The van der Waals surface area contributed by atoms with Gasteiger partial charge < -0.3 is 20.1 Å². The van der Waals surface area contributed by atoms with E-state index in [-0.39, 0.29) is 49.0 Å². The van der Waals surface area contributed by atoms with E-state index in [1.165, 1.54) is 7.11 Å². The molecule has 0 radical (unpaired) electrons. The lowest BCUT2D eigenvalue weighted by Gasteiger charge is -2.21. The number of imide groups is 1. The van der Waals surface area contributed by atoms with Crippen molar-refractivity contribution in [1.82, 2.24) is 15.5 Å². The Balaban J connectivity index is 1.73. The molecule has 0 fully saturated rings. The molecule has 1 heterocycles. The Labute approximate surface area is 204 Å². The van der Waals surface area contributed by atoms with Gasteiger partial charge in [-0.15, -0.1) is 0 Å². The monoisotopic (exact) mass is 481 g/mol. The second-order valence-electron chi connectivity index (χ2n) is 8.68. The van der Waals surface area contributed by atoms with Crippen molar-refractivity contribution in [2.75, 3.05) is 20.3 Å². The molecule has 0 aliphatic carbocycles. The number of carbonyl (C=O) groups is 4. The van der Waals surface area contributed by atoms with Gasteiger partial charge in [0.25, 0.3) is 17.7 Å². The molecular formula is C26H31N3O6. The number of ether oxygens (including phenoxy) is 2. The number of hydrogen-bond acceptors (Lipinski definition) is 6. The van der Waals surface area contributed by atoms with Gasteiger partial charge in [0.05, 0.1) is 37.0 Å². The van der Waals surface area contributed by atoms with Gasteiger partial charge >= 0.3 is 6.09 Å². The van der Waals surface area contributed by atoms with Gasteiger partial charge in [-0.05, 0) is 49.1 Å². The highest BCUT2D eigenvalue weighted by Gasteiger charge is 2.35. The van der Waals surface area contributed by atoms with E-state index in [0.717, 1.165) is 4.90 Å². The molecule has 3 rings (SSSR count). The van der Waals surface area contributed by atoms with Crippen LogP contribution in [0.2, 0.25) is 0 Å². The molecule has 0 bridgehead atoms. The quantitative estimate of drug-likeness (QED) is 0.503. The van der Waals surface area contributed by atoms with Crippen molar-refractivity contribution in [2.24, 2.45) is 5.92 Å². The van der Waals surface area contributed by atoms with Gasteiger partial charge in [0.1, 0.15) is 5.75 Å². The van der Waals surface area contributed by atoms with Gasteiger partial charge in [-0.25, -0.2) is 4.79 Å². The molecule has 1 atom stereocenters. The Bertz CT molecular complexity index is 1080. The number of amides is 4. The van der Waals surface area contributed by atoms with Crippen LogP contribution in [0.3, 0.4) is 0 Å². The zero-order valence-electron chi connectivity index (χ0n) is 20.4. The third kappa shape index (κ3) is 6.17. The lowest BCUT2D eigenvalue weighted by molar-refractivity contribution is 0.0642. The first-order chi connectivity index (χ1) is 16.7. The molecule has 0 saturated heterocycles. The van der Waals surface area contributed by atoms with Gasteiger partial charge in [-0.2, -0.15) is 0 Å².